The number of aromatic amines is 1. The SMILES string of the molecule is Cc1nc([C@@H]2CCCN(c3ccc(-c4nc(CC(C)C)no4)cn3)C2)cc(=O)[nH]1. The van der Waals surface area contributed by atoms with E-state index in [0.29, 0.717) is 17.6 Å². The van der Waals surface area contributed by atoms with Gasteiger partial charge in [-0.25, -0.2) is 9.97 Å². The number of aryl methyl sites for hydroxylation is 1. The van der Waals surface area contributed by atoms with Crippen LogP contribution < -0.4 is 10.5 Å². The highest BCUT2D eigenvalue weighted by Gasteiger charge is 2.24. The van der Waals surface area contributed by atoms with Crippen LogP contribution in [0.25, 0.3) is 11.5 Å². The summed E-state index contributed by atoms with van der Waals surface area (Å²) < 4.78 is 5.38. The van der Waals surface area contributed by atoms with Crippen molar-refractivity contribution >= 4 is 5.82 Å². The van der Waals surface area contributed by atoms with E-state index in [1.807, 2.05) is 19.1 Å². The van der Waals surface area contributed by atoms with E-state index in [2.05, 4.69) is 43.8 Å². The van der Waals surface area contributed by atoms with Crippen LogP contribution in [0.2, 0.25) is 0 Å². The van der Waals surface area contributed by atoms with Crippen molar-refractivity contribution in [2.24, 2.45) is 5.92 Å². The first-order valence-corrected chi connectivity index (χ1v) is 10.1. The van der Waals surface area contributed by atoms with Gasteiger partial charge in [0.05, 0.1) is 11.3 Å². The van der Waals surface area contributed by atoms with Gasteiger partial charge < -0.3 is 14.4 Å². The smallest absolute Gasteiger partial charge is 0.259 e. The number of pyridine rings is 1. The summed E-state index contributed by atoms with van der Waals surface area (Å²) in [5, 5.41) is 4.04. The summed E-state index contributed by atoms with van der Waals surface area (Å²) in [6.45, 7) is 7.79. The lowest BCUT2D eigenvalue weighted by Gasteiger charge is -2.33. The van der Waals surface area contributed by atoms with Gasteiger partial charge in [0.15, 0.2) is 5.82 Å². The van der Waals surface area contributed by atoms with Crippen molar-refractivity contribution in [3.8, 4) is 11.5 Å². The second-order valence-electron chi connectivity index (χ2n) is 8.06. The van der Waals surface area contributed by atoms with E-state index < -0.39 is 0 Å². The minimum absolute atomic E-state index is 0.0940. The quantitative estimate of drug-likeness (QED) is 0.709. The Morgan fingerprint density at radius 1 is 1.31 bits per heavy atom. The maximum atomic E-state index is 11.8. The number of piperidine rings is 1. The highest BCUT2D eigenvalue weighted by molar-refractivity contribution is 5.55. The lowest BCUT2D eigenvalue weighted by molar-refractivity contribution is 0.417. The molecule has 29 heavy (non-hydrogen) atoms. The van der Waals surface area contributed by atoms with Gasteiger partial charge in [-0.1, -0.05) is 19.0 Å². The number of aromatic nitrogens is 5. The van der Waals surface area contributed by atoms with Gasteiger partial charge in [0.2, 0.25) is 0 Å². The Labute approximate surface area is 169 Å². The minimum Gasteiger partial charge on any atom is -0.356 e. The molecule has 1 fully saturated rings. The Hall–Kier alpha value is -3.03. The first-order chi connectivity index (χ1) is 14.0. The van der Waals surface area contributed by atoms with Crippen molar-refractivity contribution in [2.45, 2.75) is 46.0 Å². The van der Waals surface area contributed by atoms with E-state index >= 15 is 0 Å². The highest BCUT2D eigenvalue weighted by atomic mass is 16.5. The Bertz CT molecular complexity index is 1020. The average molecular weight is 394 g/mol. The molecule has 4 heterocycles. The summed E-state index contributed by atoms with van der Waals surface area (Å²) in [6.07, 6.45) is 4.62. The maximum Gasteiger partial charge on any atom is 0.259 e. The Morgan fingerprint density at radius 3 is 2.90 bits per heavy atom. The van der Waals surface area contributed by atoms with Crippen molar-refractivity contribution in [1.29, 1.82) is 0 Å². The van der Waals surface area contributed by atoms with Crippen LogP contribution in [0.3, 0.4) is 0 Å². The molecule has 1 N–H and O–H groups in total. The molecule has 0 spiro atoms. The molecule has 3 aromatic rings. The second-order valence-corrected chi connectivity index (χ2v) is 8.06. The zero-order valence-corrected chi connectivity index (χ0v) is 17.1. The predicted octanol–water partition coefficient (Wildman–Crippen LogP) is 3.11. The minimum atomic E-state index is -0.0940. The van der Waals surface area contributed by atoms with Gasteiger partial charge in [0, 0.05) is 37.7 Å². The van der Waals surface area contributed by atoms with Crippen LogP contribution in [0.4, 0.5) is 5.82 Å². The molecule has 8 heteroatoms. The lowest BCUT2D eigenvalue weighted by atomic mass is 9.94. The van der Waals surface area contributed by atoms with E-state index in [1.165, 1.54) is 0 Å². The average Bonchev–Trinajstić information content (AvgIpc) is 3.15. The number of anilines is 1. The van der Waals surface area contributed by atoms with Crippen LogP contribution in [-0.2, 0) is 6.42 Å². The molecule has 0 unspecified atom stereocenters. The third kappa shape index (κ3) is 4.52. The largest absolute Gasteiger partial charge is 0.356 e. The Morgan fingerprint density at radius 2 is 2.17 bits per heavy atom. The molecule has 0 aliphatic carbocycles. The molecule has 0 bridgehead atoms. The van der Waals surface area contributed by atoms with Crippen molar-refractivity contribution in [1.82, 2.24) is 25.1 Å². The molecule has 1 saturated heterocycles. The number of hydrogen-bond acceptors (Lipinski definition) is 7. The van der Waals surface area contributed by atoms with E-state index in [-0.39, 0.29) is 11.5 Å². The molecule has 1 aliphatic rings. The fraction of sp³-hybridized carbons (Fsp3) is 0.476. The van der Waals surface area contributed by atoms with Gasteiger partial charge in [0.1, 0.15) is 11.6 Å². The van der Waals surface area contributed by atoms with Crippen molar-refractivity contribution in [2.75, 3.05) is 18.0 Å². The monoisotopic (exact) mass is 394 g/mol. The van der Waals surface area contributed by atoms with Crippen LogP contribution >= 0.6 is 0 Å². The van der Waals surface area contributed by atoms with E-state index in [9.17, 15) is 4.79 Å². The molecule has 0 amide bonds. The van der Waals surface area contributed by atoms with Gasteiger partial charge in [-0.3, -0.25) is 4.79 Å². The Kier molecular flexibility index (Phi) is 5.42. The van der Waals surface area contributed by atoms with Gasteiger partial charge in [-0.15, -0.1) is 0 Å². The molecular weight excluding hydrogens is 368 g/mol. The van der Waals surface area contributed by atoms with Gasteiger partial charge >= 0.3 is 0 Å². The molecule has 0 radical (unpaired) electrons. The second kappa shape index (κ2) is 8.14. The molecule has 1 aliphatic heterocycles. The summed E-state index contributed by atoms with van der Waals surface area (Å²) in [5.41, 5.74) is 1.58. The predicted molar refractivity (Wildman–Crippen MR) is 110 cm³/mol. The van der Waals surface area contributed by atoms with E-state index in [1.54, 1.807) is 12.3 Å². The van der Waals surface area contributed by atoms with Crippen molar-refractivity contribution < 1.29 is 4.52 Å². The molecule has 0 saturated carbocycles. The zero-order chi connectivity index (χ0) is 20.4. The number of rotatable bonds is 5. The number of H-pyrrole nitrogens is 1. The third-order valence-corrected chi connectivity index (χ3v) is 5.10. The van der Waals surface area contributed by atoms with Crippen LogP contribution in [0.15, 0.2) is 33.7 Å². The fourth-order valence-electron chi connectivity index (χ4n) is 3.76. The third-order valence-electron chi connectivity index (χ3n) is 5.10. The summed E-state index contributed by atoms with van der Waals surface area (Å²) in [5.74, 6) is 3.48. The molecule has 152 valence electrons. The first-order valence-electron chi connectivity index (χ1n) is 10.1. The number of nitrogens with one attached hydrogen (secondary N) is 1. The molecule has 0 aromatic carbocycles. The Balaban J connectivity index is 1.48. The maximum absolute atomic E-state index is 11.8. The number of hydrogen-bond donors (Lipinski definition) is 1. The summed E-state index contributed by atoms with van der Waals surface area (Å²) in [4.78, 5) is 30.4. The van der Waals surface area contributed by atoms with Crippen LogP contribution in [-0.4, -0.2) is 38.2 Å². The van der Waals surface area contributed by atoms with Crippen molar-refractivity contribution in [3.63, 3.8) is 0 Å². The molecule has 3 aromatic heterocycles. The standard InChI is InChI=1S/C21H26N6O2/c1-13(2)9-18-25-21(29-26-18)15-6-7-19(22-11-15)27-8-4-5-16(12-27)17-10-20(28)24-14(3)23-17/h6-7,10-11,13,16H,4-5,8-9,12H2,1-3H3,(H,23,24,28)/t16-/m1/s1. The lowest BCUT2D eigenvalue weighted by Crippen LogP contribution is -2.35. The zero-order valence-electron chi connectivity index (χ0n) is 17.1. The van der Waals surface area contributed by atoms with Crippen LogP contribution in [0.5, 0.6) is 0 Å². The summed E-state index contributed by atoms with van der Waals surface area (Å²) in [7, 11) is 0. The normalized spacial score (nSPS) is 17.1. The topological polar surface area (TPSA) is 101 Å². The number of nitrogens with zero attached hydrogens (tertiary/aromatic N) is 5. The summed E-state index contributed by atoms with van der Waals surface area (Å²) in [6, 6.07) is 5.57. The highest BCUT2D eigenvalue weighted by Crippen LogP contribution is 2.28. The van der Waals surface area contributed by atoms with Gasteiger partial charge in [-0.2, -0.15) is 4.98 Å². The molecular formula is C21H26N6O2. The molecule has 8 nitrogen and oxygen atoms in total. The van der Waals surface area contributed by atoms with Gasteiger partial charge in [0.25, 0.3) is 11.4 Å². The van der Waals surface area contributed by atoms with E-state index in [4.69, 9.17) is 4.52 Å². The molecule has 1 atom stereocenters. The fourth-order valence-corrected chi connectivity index (χ4v) is 3.76. The van der Waals surface area contributed by atoms with Crippen LogP contribution in [0, 0.1) is 12.8 Å². The van der Waals surface area contributed by atoms with Gasteiger partial charge in [-0.05, 0) is 37.8 Å². The van der Waals surface area contributed by atoms with Crippen molar-refractivity contribution in [3.05, 3.63) is 52.1 Å². The summed E-state index contributed by atoms with van der Waals surface area (Å²) >= 11 is 0. The van der Waals surface area contributed by atoms with Crippen LogP contribution in [0.1, 0.15) is 49.9 Å². The van der Waals surface area contributed by atoms with E-state index in [0.717, 1.165) is 55.3 Å². The first kappa shape index (κ1) is 19.3. The molecule has 4 rings (SSSR count).